The molecule has 7 heteroatoms. The van der Waals surface area contributed by atoms with Crippen LogP contribution in [0.15, 0.2) is 73.1 Å². The van der Waals surface area contributed by atoms with Crippen molar-refractivity contribution in [3.05, 3.63) is 86.0 Å². The summed E-state index contributed by atoms with van der Waals surface area (Å²) in [5.41, 5.74) is 1.49. The van der Waals surface area contributed by atoms with Gasteiger partial charge in [0.15, 0.2) is 0 Å². The number of halogens is 1. The number of anilines is 3. The topological polar surface area (TPSA) is 58.1 Å². The third-order valence-corrected chi connectivity index (χ3v) is 3.37. The van der Waals surface area contributed by atoms with Crippen LogP contribution in [-0.4, -0.2) is 22.9 Å². The Labute approximate surface area is 168 Å². The molecule has 3 aromatic rings. The summed E-state index contributed by atoms with van der Waals surface area (Å²) in [4.78, 5) is 22.4. The predicted octanol–water partition coefficient (Wildman–Crippen LogP) is 4.44. The van der Waals surface area contributed by atoms with Crippen LogP contribution < -0.4 is 10.2 Å². The fraction of sp³-hybridized carbons (Fsp3) is 0.0526. The third-order valence-electron chi connectivity index (χ3n) is 3.37. The van der Waals surface area contributed by atoms with Crippen LogP contribution in [0.3, 0.4) is 0 Å². The van der Waals surface area contributed by atoms with E-state index in [4.69, 9.17) is 0 Å². The third kappa shape index (κ3) is 5.37. The molecule has 3 rings (SSSR count). The van der Waals surface area contributed by atoms with E-state index in [2.05, 4.69) is 43.0 Å². The van der Waals surface area contributed by atoms with Gasteiger partial charge in [0, 0.05) is 30.7 Å². The molecular weight excluding hydrogens is 442 g/mol. The molecule has 0 radical (unpaired) electrons. The van der Waals surface area contributed by atoms with Crippen molar-refractivity contribution in [1.29, 1.82) is 0 Å². The molecule has 0 saturated heterocycles. The van der Waals surface area contributed by atoms with Gasteiger partial charge < -0.3 is 12.7 Å². The maximum atomic E-state index is 11.7. The van der Waals surface area contributed by atoms with Crippen molar-refractivity contribution in [2.45, 2.75) is 0 Å². The van der Waals surface area contributed by atoms with Crippen molar-refractivity contribution >= 4 is 32.8 Å². The fourth-order valence-corrected chi connectivity index (χ4v) is 2.26. The Balaban J connectivity index is 0.00000109. The van der Waals surface area contributed by atoms with Gasteiger partial charge in [-0.05, 0) is 48.5 Å². The summed E-state index contributed by atoms with van der Waals surface area (Å²) in [5.74, 6) is 1.41. The zero-order chi connectivity index (χ0) is 18.1. The van der Waals surface area contributed by atoms with Crippen molar-refractivity contribution in [3.63, 3.8) is 0 Å². The summed E-state index contributed by atoms with van der Waals surface area (Å²) in [6.07, 6.45) is 3.48. The Morgan fingerprint density at radius 2 is 1.42 bits per heavy atom. The van der Waals surface area contributed by atoms with E-state index in [0.717, 1.165) is 17.3 Å². The van der Waals surface area contributed by atoms with Gasteiger partial charge in [0.2, 0.25) is 0 Å². The van der Waals surface area contributed by atoms with Crippen LogP contribution in [0.2, 0.25) is 0 Å². The number of rotatable bonds is 4. The first-order chi connectivity index (χ1) is 12.3. The zero-order valence-electron chi connectivity index (χ0n) is 14.4. The number of nitrogens with zero attached hydrogens (tertiary/aromatic N) is 3. The number of carbonyl (C=O) groups excluding carboxylic acids is 1. The predicted molar refractivity (Wildman–Crippen MR) is 102 cm³/mol. The molecule has 0 unspecified atom stereocenters. The molecule has 138 valence electrons. The Kier molecular flexibility index (Phi) is 9.53. The summed E-state index contributed by atoms with van der Waals surface area (Å²) < 4.78 is 0. The van der Waals surface area contributed by atoms with Gasteiger partial charge in [-0.1, -0.05) is 12.1 Å². The number of benzene rings is 1. The number of carbonyl (C=O) groups is 1. The first-order valence-corrected chi connectivity index (χ1v) is 9.36. The number of hydrogen-bond acceptors (Lipinski definition) is 4. The molecule has 0 aliphatic heterocycles. The molecule has 2 heterocycles. The van der Waals surface area contributed by atoms with Crippen LogP contribution in [0.1, 0.15) is 10.4 Å². The van der Waals surface area contributed by atoms with Crippen molar-refractivity contribution < 1.29 is 23.0 Å². The summed E-state index contributed by atoms with van der Waals surface area (Å²) in [5, 5.41) is 2.62. The number of aromatic nitrogens is 2. The standard InChI is InChI=1S/C18H16N4O.CH3.ClH.Pd/c1-19-18(23)14-8-10-15(11-9-14)22(16-6-2-4-12-20-16)17-7-3-5-13-21-17;;;/h2-13H,1H3,(H,19,23);1H3;1H;/q;-1;;+2/p-1. The molecule has 0 saturated carbocycles. The first kappa shape index (κ1) is 21.8. The molecule has 0 atom stereocenters. The zero-order valence-corrected chi connectivity index (χ0v) is 16.7. The molecule has 2 aromatic heterocycles. The van der Waals surface area contributed by atoms with Gasteiger partial charge in [-0.15, -0.1) is 0 Å². The molecule has 5 nitrogen and oxygen atoms in total. The molecule has 0 aliphatic carbocycles. The van der Waals surface area contributed by atoms with Crippen LogP contribution in [-0.2, 0) is 18.2 Å². The van der Waals surface area contributed by atoms with E-state index in [-0.39, 0.29) is 13.3 Å². The summed E-state index contributed by atoms with van der Waals surface area (Å²) in [6, 6.07) is 18.8. The molecule has 0 spiro atoms. The quantitative estimate of drug-likeness (QED) is 0.461. The van der Waals surface area contributed by atoms with Crippen LogP contribution in [0.4, 0.5) is 17.3 Å². The average molecular weight is 461 g/mol. The second-order valence-electron chi connectivity index (χ2n) is 4.84. The van der Waals surface area contributed by atoms with E-state index in [9.17, 15) is 4.79 Å². The Morgan fingerprint density at radius 1 is 0.923 bits per heavy atom. The molecule has 0 aliphatic rings. The van der Waals surface area contributed by atoms with Gasteiger partial charge in [0.05, 0.1) is 0 Å². The SMILES string of the molecule is CNC(=O)c1ccc(N(c2ccccn2)c2ccccn2)cc1.[CH3-].[Cl][Pd+]. The number of pyridine rings is 2. The normalized spacial score (nSPS) is 9.23. The average Bonchev–Trinajstić information content (AvgIpc) is 2.71. The van der Waals surface area contributed by atoms with E-state index in [0.29, 0.717) is 5.56 Å². The van der Waals surface area contributed by atoms with E-state index in [1.165, 1.54) is 0 Å². The van der Waals surface area contributed by atoms with Gasteiger partial charge in [0.1, 0.15) is 11.6 Å². The van der Waals surface area contributed by atoms with Gasteiger partial charge in [-0.2, -0.15) is 0 Å². The number of amides is 1. The minimum absolute atomic E-state index is 0. The Hall–Kier alpha value is -2.26. The molecule has 26 heavy (non-hydrogen) atoms. The van der Waals surface area contributed by atoms with Crippen LogP contribution in [0.5, 0.6) is 0 Å². The van der Waals surface area contributed by atoms with Gasteiger partial charge in [-0.3, -0.25) is 9.69 Å². The summed E-state index contributed by atoms with van der Waals surface area (Å²) in [7, 11) is 6.10. The molecular formula is C19H19ClN4OPd. The molecule has 0 fully saturated rings. The monoisotopic (exact) mass is 460 g/mol. The summed E-state index contributed by atoms with van der Waals surface area (Å²) >= 11 is 2.22. The van der Waals surface area contributed by atoms with Gasteiger partial charge in [0.25, 0.3) is 5.91 Å². The van der Waals surface area contributed by atoms with Gasteiger partial charge >= 0.3 is 27.7 Å². The summed E-state index contributed by atoms with van der Waals surface area (Å²) in [6.45, 7) is 0. The Morgan fingerprint density at radius 3 is 1.81 bits per heavy atom. The fourth-order valence-electron chi connectivity index (χ4n) is 2.26. The minimum atomic E-state index is -0.112. The van der Waals surface area contributed by atoms with Crippen LogP contribution in [0, 0.1) is 7.43 Å². The number of nitrogens with one attached hydrogen (secondary N) is 1. The second kappa shape index (κ2) is 11.4. The van der Waals surface area contributed by atoms with Crippen molar-refractivity contribution in [2.24, 2.45) is 0 Å². The van der Waals surface area contributed by atoms with E-state index in [1.54, 1.807) is 31.6 Å². The molecule has 0 bridgehead atoms. The van der Waals surface area contributed by atoms with E-state index >= 15 is 0 Å². The molecule has 1 aromatic carbocycles. The first-order valence-electron chi connectivity index (χ1n) is 7.36. The van der Waals surface area contributed by atoms with Crippen LogP contribution >= 0.6 is 9.53 Å². The second-order valence-corrected chi connectivity index (χ2v) is 4.84. The number of hydrogen-bond donors (Lipinski definition) is 1. The van der Waals surface area contributed by atoms with Gasteiger partial charge in [-0.25, -0.2) is 9.97 Å². The van der Waals surface area contributed by atoms with E-state index < -0.39 is 0 Å². The molecule has 1 amide bonds. The van der Waals surface area contributed by atoms with Crippen molar-refractivity contribution in [3.8, 4) is 0 Å². The maximum absolute atomic E-state index is 11.7. The molecule has 1 N–H and O–H groups in total. The van der Waals surface area contributed by atoms with E-state index in [1.807, 2.05) is 53.4 Å². The van der Waals surface area contributed by atoms with Crippen LogP contribution in [0.25, 0.3) is 0 Å². The Bertz CT molecular complexity index is 746. The van der Waals surface area contributed by atoms with Crippen molar-refractivity contribution in [2.75, 3.05) is 11.9 Å². The van der Waals surface area contributed by atoms with Crippen molar-refractivity contribution in [1.82, 2.24) is 15.3 Å².